The molecule has 0 bridgehead atoms. The van der Waals surface area contributed by atoms with Gasteiger partial charge in [-0.1, -0.05) is 0 Å². The highest BCUT2D eigenvalue weighted by Crippen LogP contribution is 2.37. The van der Waals surface area contributed by atoms with Crippen LogP contribution in [0.25, 0.3) is 0 Å². The Bertz CT molecular complexity index is 335. The molecule has 0 aromatic heterocycles. The van der Waals surface area contributed by atoms with Gasteiger partial charge in [0.25, 0.3) is 0 Å². The molecule has 2 aliphatic rings. The molecule has 0 radical (unpaired) electrons. The molecule has 2 unspecified atom stereocenters. The van der Waals surface area contributed by atoms with Crippen molar-refractivity contribution in [3.63, 3.8) is 0 Å². The van der Waals surface area contributed by atoms with Gasteiger partial charge in [-0.05, 0) is 25.7 Å². The van der Waals surface area contributed by atoms with Crippen molar-refractivity contribution in [2.45, 2.75) is 37.4 Å². The Hall–Kier alpha value is -0.420. The minimum Gasteiger partial charge on any atom is -0.363 e. The standard InChI is InChI=1S/C9H14O4S/c10-6-8-2-4-9(13-8)3-1-5-14(11,12)7-9/h6,8H,1-5,7H2. The zero-order valence-electron chi connectivity index (χ0n) is 7.94. The van der Waals surface area contributed by atoms with Gasteiger partial charge < -0.3 is 9.53 Å². The summed E-state index contributed by atoms with van der Waals surface area (Å²) in [4.78, 5) is 10.5. The predicted octanol–water partition coefficient (Wildman–Crippen LogP) is 0.312. The van der Waals surface area contributed by atoms with Gasteiger partial charge in [0, 0.05) is 0 Å². The van der Waals surface area contributed by atoms with E-state index in [1.54, 1.807) is 0 Å². The van der Waals surface area contributed by atoms with Gasteiger partial charge in [-0.25, -0.2) is 8.42 Å². The molecule has 0 saturated carbocycles. The number of rotatable bonds is 1. The van der Waals surface area contributed by atoms with Gasteiger partial charge in [0.15, 0.2) is 9.84 Å². The van der Waals surface area contributed by atoms with Crippen LogP contribution in [0.15, 0.2) is 0 Å². The van der Waals surface area contributed by atoms with Crippen LogP contribution < -0.4 is 0 Å². The van der Waals surface area contributed by atoms with Crippen molar-refractivity contribution in [3.05, 3.63) is 0 Å². The Morgan fingerprint density at radius 3 is 2.71 bits per heavy atom. The van der Waals surface area contributed by atoms with E-state index in [1.807, 2.05) is 0 Å². The second-order valence-corrected chi connectivity index (χ2v) is 6.39. The molecule has 14 heavy (non-hydrogen) atoms. The van der Waals surface area contributed by atoms with Crippen LogP contribution >= 0.6 is 0 Å². The number of carbonyl (C=O) groups excluding carboxylic acids is 1. The van der Waals surface area contributed by atoms with Crippen molar-refractivity contribution in [2.75, 3.05) is 11.5 Å². The summed E-state index contributed by atoms with van der Waals surface area (Å²) in [5.41, 5.74) is -0.539. The molecule has 5 heteroatoms. The highest BCUT2D eigenvalue weighted by molar-refractivity contribution is 7.91. The van der Waals surface area contributed by atoms with E-state index in [0.717, 1.165) is 12.7 Å². The van der Waals surface area contributed by atoms with Gasteiger partial charge in [-0.15, -0.1) is 0 Å². The number of hydrogen-bond donors (Lipinski definition) is 0. The van der Waals surface area contributed by atoms with Gasteiger partial charge in [0.2, 0.25) is 0 Å². The van der Waals surface area contributed by atoms with E-state index in [0.29, 0.717) is 19.3 Å². The Morgan fingerprint density at radius 2 is 2.14 bits per heavy atom. The molecule has 2 rings (SSSR count). The summed E-state index contributed by atoms with van der Waals surface area (Å²) in [6.45, 7) is 0. The first-order chi connectivity index (χ1) is 6.55. The normalized spacial score (nSPS) is 41.3. The lowest BCUT2D eigenvalue weighted by Gasteiger charge is -2.32. The smallest absolute Gasteiger partial charge is 0.153 e. The molecular weight excluding hydrogens is 204 g/mol. The van der Waals surface area contributed by atoms with E-state index in [2.05, 4.69) is 0 Å². The fourth-order valence-corrected chi connectivity index (χ4v) is 4.28. The molecule has 0 amide bonds. The van der Waals surface area contributed by atoms with Crippen LogP contribution in [0.4, 0.5) is 0 Å². The number of aldehydes is 1. The number of sulfone groups is 1. The number of hydrogen-bond acceptors (Lipinski definition) is 4. The second kappa shape index (κ2) is 3.31. The lowest BCUT2D eigenvalue weighted by Crippen LogP contribution is -2.42. The summed E-state index contributed by atoms with van der Waals surface area (Å²) in [7, 11) is -2.95. The fourth-order valence-electron chi connectivity index (χ4n) is 2.39. The molecule has 2 atom stereocenters. The van der Waals surface area contributed by atoms with Gasteiger partial charge in [0.1, 0.15) is 12.4 Å². The van der Waals surface area contributed by atoms with Crippen molar-refractivity contribution >= 4 is 16.1 Å². The minimum atomic E-state index is -2.95. The lowest BCUT2D eigenvalue weighted by molar-refractivity contribution is -0.121. The van der Waals surface area contributed by atoms with Crippen LogP contribution in [0.3, 0.4) is 0 Å². The second-order valence-electron chi connectivity index (χ2n) is 4.21. The van der Waals surface area contributed by atoms with Crippen molar-refractivity contribution in [3.8, 4) is 0 Å². The van der Waals surface area contributed by atoms with E-state index in [9.17, 15) is 13.2 Å². The van der Waals surface area contributed by atoms with Gasteiger partial charge >= 0.3 is 0 Å². The topological polar surface area (TPSA) is 60.4 Å². The maximum atomic E-state index is 11.4. The highest BCUT2D eigenvalue weighted by Gasteiger charge is 2.45. The lowest BCUT2D eigenvalue weighted by atomic mass is 9.96. The van der Waals surface area contributed by atoms with Crippen LogP contribution in [0, 0.1) is 0 Å². The Labute approximate surface area is 83.5 Å². The van der Waals surface area contributed by atoms with Crippen LogP contribution in [-0.4, -0.2) is 37.9 Å². The summed E-state index contributed by atoms with van der Waals surface area (Å²) < 4.78 is 28.4. The largest absolute Gasteiger partial charge is 0.363 e. The van der Waals surface area contributed by atoms with E-state index >= 15 is 0 Å². The van der Waals surface area contributed by atoms with Crippen molar-refractivity contribution in [2.24, 2.45) is 0 Å². The predicted molar refractivity (Wildman–Crippen MR) is 50.8 cm³/mol. The molecule has 2 aliphatic heterocycles. The van der Waals surface area contributed by atoms with E-state index in [4.69, 9.17) is 4.74 Å². The molecule has 80 valence electrons. The first kappa shape index (κ1) is 10.1. The maximum Gasteiger partial charge on any atom is 0.153 e. The quantitative estimate of drug-likeness (QED) is 0.594. The molecule has 1 spiro atoms. The van der Waals surface area contributed by atoms with Gasteiger partial charge in [0.05, 0.1) is 17.1 Å². The maximum absolute atomic E-state index is 11.4. The highest BCUT2D eigenvalue weighted by atomic mass is 32.2. The molecule has 0 aliphatic carbocycles. The Balaban J connectivity index is 2.14. The number of carbonyl (C=O) groups is 1. The first-order valence-electron chi connectivity index (χ1n) is 4.89. The van der Waals surface area contributed by atoms with Crippen molar-refractivity contribution < 1.29 is 17.9 Å². The first-order valence-corrected chi connectivity index (χ1v) is 6.71. The average Bonchev–Trinajstić information content (AvgIpc) is 2.46. The summed E-state index contributed by atoms with van der Waals surface area (Å²) in [6, 6.07) is 0. The van der Waals surface area contributed by atoms with Crippen LogP contribution in [0.5, 0.6) is 0 Å². The minimum absolute atomic E-state index is 0.102. The summed E-state index contributed by atoms with van der Waals surface area (Å²) >= 11 is 0. The number of ether oxygens (including phenoxy) is 1. The Kier molecular flexibility index (Phi) is 2.39. The molecule has 0 aromatic carbocycles. The van der Waals surface area contributed by atoms with Crippen LogP contribution in [0.1, 0.15) is 25.7 Å². The zero-order valence-corrected chi connectivity index (χ0v) is 8.76. The average molecular weight is 218 g/mol. The van der Waals surface area contributed by atoms with Crippen molar-refractivity contribution in [1.29, 1.82) is 0 Å². The molecular formula is C9H14O4S. The molecule has 2 saturated heterocycles. The third-order valence-corrected chi connectivity index (χ3v) is 4.88. The molecule has 0 aromatic rings. The monoisotopic (exact) mass is 218 g/mol. The molecule has 2 fully saturated rings. The summed E-state index contributed by atoms with van der Waals surface area (Å²) in [5, 5.41) is 0. The summed E-state index contributed by atoms with van der Waals surface area (Å²) in [6.07, 6.45) is 3.19. The molecule has 4 nitrogen and oxygen atoms in total. The van der Waals surface area contributed by atoms with Gasteiger partial charge in [-0.2, -0.15) is 0 Å². The third kappa shape index (κ3) is 1.83. The molecule has 2 heterocycles. The molecule has 0 N–H and O–H groups in total. The SMILES string of the molecule is O=CC1CCC2(CCCS(=O)(=O)C2)O1. The Morgan fingerprint density at radius 1 is 1.36 bits per heavy atom. The third-order valence-electron chi connectivity index (χ3n) is 3.01. The van der Waals surface area contributed by atoms with E-state index in [1.165, 1.54) is 0 Å². The fraction of sp³-hybridized carbons (Fsp3) is 0.889. The zero-order chi connectivity index (χ0) is 10.2. The van der Waals surface area contributed by atoms with Crippen LogP contribution in [0.2, 0.25) is 0 Å². The van der Waals surface area contributed by atoms with Gasteiger partial charge in [-0.3, -0.25) is 0 Å². The van der Waals surface area contributed by atoms with E-state index < -0.39 is 15.4 Å². The summed E-state index contributed by atoms with van der Waals surface area (Å²) in [5.74, 6) is 0.369. The van der Waals surface area contributed by atoms with Crippen LogP contribution in [-0.2, 0) is 19.4 Å². The van der Waals surface area contributed by atoms with Crippen molar-refractivity contribution in [1.82, 2.24) is 0 Å². The van der Waals surface area contributed by atoms with E-state index in [-0.39, 0.29) is 17.6 Å².